The molecule has 1 aliphatic heterocycles. The molecule has 0 radical (unpaired) electrons. The van der Waals surface area contributed by atoms with Crippen molar-refractivity contribution in [2.45, 2.75) is 71.6 Å². The molecule has 0 fully saturated rings. The summed E-state index contributed by atoms with van der Waals surface area (Å²) in [4.78, 5) is 30.6. The molecule has 1 atom stereocenters. The first-order chi connectivity index (χ1) is 19.2. The third kappa shape index (κ3) is 9.72. The maximum absolute atomic E-state index is 12.9. The van der Waals surface area contributed by atoms with Crippen molar-refractivity contribution in [1.82, 2.24) is 15.4 Å². The summed E-state index contributed by atoms with van der Waals surface area (Å²) in [6.45, 7) is 12.5. The van der Waals surface area contributed by atoms with E-state index in [-0.39, 0.29) is 24.7 Å². The number of unbranched alkanes of at least 4 members (excludes halogenated alkanes) is 1. The number of carbonyl (C=O) groups excluding carboxylic acids is 2. The Balaban J connectivity index is 0.00000274. The number of nitrogens with one attached hydrogen (secondary N) is 1. The Labute approximate surface area is 253 Å². The van der Waals surface area contributed by atoms with Crippen molar-refractivity contribution >= 4 is 52.2 Å². The number of amides is 1. The lowest BCUT2D eigenvalue weighted by atomic mass is 9.97. The van der Waals surface area contributed by atoms with Crippen LogP contribution in [-0.4, -0.2) is 58.5 Å². The second kappa shape index (κ2) is 17.6. The van der Waals surface area contributed by atoms with Gasteiger partial charge in [0.1, 0.15) is 17.2 Å². The lowest BCUT2D eigenvalue weighted by molar-refractivity contribution is -0.128. The third-order valence-electron chi connectivity index (χ3n) is 6.62. The first kappa shape index (κ1) is 34.0. The van der Waals surface area contributed by atoms with Crippen LogP contribution in [-0.2, 0) is 9.59 Å². The summed E-state index contributed by atoms with van der Waals surface area (Å²) in [6, 6.07) is 7.42. The van der Waals surface area contributed by atoms with E-state index in [2.05, 4.69) is 22.4 Å². The SMILES string of the molecule is CC.CCNCCCCC(C)C(=O)CCN(C(=O)C(Cl)Cl)C1=CC(c2cc(-c3c(C)cccc3Cl)no2)=NCC1. The summed E-state index contributed by atoms with van der Waals surface area (Å²) in [5, 5.41) is 8.07. The van der Waals surface area contributed by atoms with Crippen LogP contribution in [0.5, 0.6) is 0 Å². The van der Waals surface area contributed by atoms with Gasteiger partial charge in [-0.05, 0) is 50.6 Å². The molecule has 2 aromatic rings. The maximum Gasteiger partial charge on any atom is 0.260 e. The van der Waals surface area contributed by atoms with E-state index in [1.54, 1.807) is 18.2 Å². The normalized spacial score (nSPS) is 13.7. The smallest absolute Gasteiger partial charge is 0.260 e. The number of dihydropyridines is 1. The van der Waals surface area contributed by atoms with Gasteiger partial charge in [0.05, 0.1) is 5.02 Å². The van der Waals surface area contributed by atoms with Crippen LogP contribution >= 0.6 is 34.8 Å². The number of aliphatic imine (C=N–C) groups is 1. The van der Waals surface area contributed by atoms with E-state index in [4.69, 9.17) is 39.3 Å². The fraction of sp³-hybridized carbons (Fsp3) is 0.533. The van der Waals surface area contributed by atoms with Crippen LogP contribution in [0.15, 0.2) is 45.6 Å². The van der Waals surface area contributed by atoms with Gasteiger partial charge in [0.2, 0.25) is 0 Å². The number of allylic oxidation sites excluding steroid dienone is 1. The number of halogens is 3. The van der Waals surface area contributed by atoms with Crippen molar-refractivity contribution < 1.29 is 14.1 Å². The van der Waals surface area contributed by atoms with Gasteiger partial charge in [-0.1, -0.05) is 86.2 Å². The number of ketones is 1. The Morgan fingerprint density at radius 3 is 2.62 bits per heavy atom. The molecule has 1 N–H and O–H groups in total. The van der Waals surface area contributed by atoms with Crippen LogP contribution in [0.2, 0.25) is 5.02 Å². The van der Waals surface area contributed by atoms with Gasteiger partial charge in [-0.2, -0.15) is 0 Å². The number of Topliss-reactive ketones (excluding diaryl/α,β-unsaturated/α-hetero) is 1. The van der Waals surface area contributed by atoms with Crippen molar-refractivity contribution in [2.24, 2.45) is 10.9 Å². The molecule has 2 heterocycles. The van der Waals surface area contributed by atoms with E-state index in [0.717, 1.165) is 43.5 Å². The average molecular weight is 612 g/mol. The number of hydrogen-bond donors (Lipinski definition) is 1. The highest BCUT2D eigenvalue weighted by molar-refractivity contribution is 6.53. The summed E-state index contributed by atoms with van der Waals surface area (Å²) in [6.07, 6.45) is 5.34. The van der Waals surface area contributed by atoms with Crippen molar-refractivity contribution in [1.29, 1.82) is 0 Å². The molecule has 0 aliphatic carbocycles. The molecule has 1 unspecified atom stereocenters. The second-order valence-corrected chi connectivity index (χ2v) is 10.9. The molecule has 0 saturated carbocycles. The molecule has 0 bridgehead atoms. The molecular formula is C30H41Cl3N4O3. The number of carbonyl (C=O) groups is 2. The molecule has 40 heavy (non-hydrogen) atoms. The van der Waals surface area contributed by atoms with E-state index in [9.17, 15) is 9.59 Å². The number of aryl methyl sites for hydroxylation is 1. The largest absolute Gasteiger partial charge is 0.354 e. The number of hydrogen-bond acceptors (Lipinski definition) is 6. The molecule has 7 nitrogen and oxygen atoms in total. The number of rotatable bonds is 14. The fourth-order valence-electron chi connectivity index (χ4n) is 4.42. The zero-order chi connectivity index (χ0) is 29.7. The first-order valence-electron chi connectivity index (χ1n) is 14.0. The molecule has 10 heteroatoms. The molecule has 1 aliphatic rings. The summed E-state index contributed by atoms with van der Waals surface area (Å²) < 4.78 is 5.60. The van der Waals surface area contributed by atoms with Crippen LogP contribution < -0.4 is 5.32 Å². The first-order valence-corrected chi connectivity index (χ1v) is 15.3. The van der Waals surface area contributed by atoms with Crippen molar-refractivity contribution in [2.75, 3.05) is 26.2 Å². The van der Waals surface area contributed by atoms with Crippen molar-refractivity contribution in [3.63, 3.8) is 0 Å². The van der Waals surface area contributed by atoms with Crippen LogP contribution in [0.1, 0.15) is 71.1 Å². The minimum atomic E-state index is -1.24. The Morgan fingerprint density at radius 1 is 1.20 bits per heavy atom. The summed E-state index contributed by atoms with van der Waals surface area (Å²) >= 11 is 18.3. The van der Waals surface area contributed by atoms with Gasteiger partial charge in [0, 0.05) is 49.2 Å². The number of nitrogens with zero attached hydrogens (tertiary/aromatic N) is 3. The summed E-state index contributed by atoms with van der Waals surface area (Å²) in [5.74, 6) is 0.0401. The van der Waals surface area contributed by atoms with Crippen LogP contribution in [0.4, 0.5) is 0 Å². The minimum absolute atomic E-state index is 0.0743. The molecule has 0 saturated heterocycles. The van der Waals surface area contributed by atoms with E-state index < -0.39 is 10.7 Å². The minimum Gasteiger partial charge on any atom is -0.354 e. The number of alkyl halides is 2. The van der Waals surface area contributed by atoms with Gasteiger partial charge in [0.25, 0.3) is 5.91 Å². The molecule has 220 valence electrons. The van der Waals surface area contributed by atoms with E-state index in [1.165, 1.54) is 4.90 Å². The predicted molar refractivity (Wildman–Crippen MR) is 166 cm³/mol. The third-order valence-corrected chi connectivity index (χ3v) is 7.30. The lowest BCUT2D eigenvalue weighted by Gasteiger charge is -2.28. The highest BCUT2D eigenvalue weighted by atomic mass is 35.5. The monoisotopic (exact) mass is 610 g/mol. The Kier molecular flexibility index (Phi) is 15.0. The lowest BCUT2D eigenvalue weighted by Crippen LogP contribution is -2.37. The summed E-state index contributed by atoms with van der Waals surface area (Å²) in [7, 11) is 0. The Hall–Kier alpha value is -2.19. The maximum atomic E-state index is 12.9. The average Bonchev–Trinajstić information content (AvgIpc) is 3.43. The fourth-order valence-corrected chi connectivity index (χ4v) is 4.97. The summed E-state index contributed by atoms with van der Waals surface area (Å²) in [5.41, 5.74) is 3.61. The molecule has 3 rings (SSSR count). The Morgan fingerprint density at radius 2 is 1.95 bits per heavy atom. The standard InChI is InChI=1S/C28H35Cl3N4O3.C2H6/c1-4-32-13-6-5-8-18(2)24(36)12-15-35(28(37)27(30)31)20-11-14-33-22(16-20)25-17-23(34-38-25)26-19(3)9-7-10-21(26)29;1-2/h7,9-10,16-18,27,32H,4-6,8,11-15H2,1-3H3;1-2H3. The van der Waals surface area contributed by atoms with Crippen LogP contribution in [0.25, 0.3) is 11.3 Å². The van der Waals surface area contributed by atoms with E-state index in [1.807, 2.05) is 39.8 Å². The molecule has 1 amide bonds. The molecule has 1 aromatic carbocycles. The highest BCUT2D eigenvalue weighted by Crippen LogP contribution is 2.31. The van der Waals surface area contributed by atoms with Gasteiger partial charge in [0.15, 0.2) is 10.6 Å². The van der Waals surface area contributed by atoms with E-state index in [0.29, 0.717) is 40.9 Å². The predicted octanol–water partition coefficient (Wildman–Crippen LogP) is 7.41. The van der Waals surface area contributed by atoms with Gasteiger partial charge >= 0.3 is 0 Å². The molecular weight excluding hydrogens is 571 g/mol. The molecule has 0 spiro atoms. The highest BCUT2D eigenvalue weighted by Gasteiger charge is 2.27. The topological polar surface area (TPSA) is 87.8 Å². The zero-order valence-corrected chi connectivity index (χ0v) is 26.4. The van der Waals surface area contributed by atoms with Gasteiger partial charge in [-0.3, -0.25) is 14.6 Å². The Bertz CT molecular complexity index is 1160. The van der Waals surface area contributed by atoms with Gasteiger partial charge in [-0.15, -0.1) is 0 Å². The quantitative estimate of drug-likeness (QED) is 0.177. The van der Waals surface area contributed by atoms with E-state index >= 15 is 0 Å². The second-order valence-electron chi connectivity index (χ2n) is 9.42. The molecule has 1 aromatic heterocycles. The zero-order valence-electron chi connectivity index (χ0n) is 24.1. The van der Waals surface area contributed by atoms with Gasteiger partial charge < -0.3 is 14.7 Å². The van der Waals surface area contributed by atoms with Crippen molar-refractivity contribution in [3.8, 4) is 11.3 Å². The number of benzene rings is 1. The van der Waals surface area contributed by atoms with Gasteiger partial charge in [-0.25, -0.2) is 0 Å². The van der Waals surface area contributed by atoms with Crippen LogP contribution in [0, 0.1) is 12.8 Å². The number of aromatic nitrogens is 1. The van der Waals surface area contributed by atoms with Crippen molar-refractivity contribution in [3.05, 3.63) is 52.4 Å². The van der Waals surface area contributed by atoms with Crippen LogP contribution in [0.3, 0.4) is 0 Å².